The second-order valence-electron chi connectivity index (χ2n) is 7.11. The number of ketones is 1. The molecule has 8 nitrogen and oxygen atoms in total. The monoisotopic (exact) mass is 425 g/mol. The molecule has 1 heterocycles. The zero-order chi connectivity index (χ0) is 21.6. The highest BCUT2D eigenvalue weighted by atomic mass is 32.2. The molecule has 0 bridgehead atoms. The van der Waals surface area contributed by atoms with Crippen LogP contribution in [0.1, 0.15) is 31.7 Å². The molecule has 1 aliphatic rings. The van der Waals surface area contributed by atoms with E-state index in [1.807, 2.05) is 0 Å². The van der Waals surface area contributed by atoms with Gasteiger partial charge in [0.05, 0.1) is 18.6 Å². The Kier molecular flexibility index (Phi) is 7.78. The van der Waals surface area contributed by atoms with Gasteiger partial charge in [0.15, 0.2) is 9.84 Å². The number of sulfone groups is 1. The number of piperidine rings is 1. The predicted octanol–water partition coefficient (Wildman–Crippen LogP) is 2.00. The summed E-state index contributed by atoms with van der Waals surface area (Å²) < 4.78 is 33.0. The van der Waals surface area contributed by atoms with Crippen LogP contribution in [0.2, 0.25) is 0 Å². The number of amides is 1. The Morgan fingerprint density at radius 1 is 1.17 bits per heavy atom. The van der Waals surface area contributed by atoms with Gasteiger partial charge in [0.2, 0.25) is 0 Å². The second kappa shape index (κ2) is 9.87. The number of hydrogen-bond donors (Lipinski definition) is 0. The summed E-state index contributed by atoms with van der Waals surface area (Å²) in [5, 5.41) is 0. The van der Waals surface area contributed by atoms with Gasteiger partial charge in [-0.3, -0.25) is 9.59 Å². The number of methoxy groups -OCH3 is 1. The normalized spacial score (nSPS) is 19.5. The van der Waals surface area contributed by atoms with Crippen LogP contribution in [0, 0.1) is 5.92 Å². The number of ether oxygens (including phenoxy) is 2. The highest BCUT2D eigenvalue weighted by Crippen LogP contribution is 2.28. The van der Waals surface area contributed by atoms with Crippen molar-refractivity contribution in [2.45, 2.75) is 43.5 Å². The van der Waals surface area contributed by atoms with Crippen molar-refractivity contribution in [1.82, 2.24) is 4.90 Å². The van der Waals surface area contributed by atoms with Crippen LogP contribution in [0.5, 0.6) is 0 Å². The minimum atomic E-state index is -3.29. The Morgan fingerprint density at radius 2 is 1.83 bits per heavy atom. The number of nitrogens with zero attached hydrogens (tertiary/aromatic N) is 1. The van der Waals surface area contributed by atoms with Crippen LogP contribution in [0.4, 0.5) is 4.79 Å². The number of likely N-dealkylation sites (tertiary alicyclic amines) is 1. The summed E-state index contributed by atoms with van der Waals surface area (Å²) in [7, 11) is -1.99. The van der Waals surface area contributed by atoms with Crippen molar-refractivity contribution in [3.05, 3.63) is 29.8 Å². The molecule has 2 rings (SSSR count). The van der Waals surface area contributed by atoms with E-state index in [1.165, 1.54) is 19.2 Å². The number of carbonyl (C=O) groups excluding carboxylic acids is 3. The summed E-state index contributed by atoms with van der Waals surface area (Å²) in [5.74, 6) is -1.08. The lowest BCUT2D eigenvalue weighted by Crippen LogP contribution is -2.48. The number of esters is 1. The predicted molar refractivity (Wildman–Crippen MR) is 105 cm³/mol. The first-order valence-electron chi connectivity index (χ1n) is 9.47. The van der Waals surface area contributed by atoms with Crippen molar-refractivity contribution in [3.8, 4) is 0 Å². The highest BCUT2D eigenvalue weighted by molar-refractivity contribution is 7.90. The lowest BCUT2D eigenvalue weighted by Gasteiger charge is -2.38. The Balaban J connectivity index is 2.14. The zero-order valence-corrected chi connectivity index (χ0v) is 17.7. The molecule has 0 spiro atoms. The molecular formula is C20H27NO7S. The molecule has 1 fully saturated rings. The van der Waals surface area contributed by atoms with E-state index in [4.69, 9.17) is 9.47 Å². The Morgan fingerprint density at radius 3 is 2.38 bits per heavy atom. The fourth-order valence-electron chi connectivity index (χ4n) is 3.54. The zero-order valence-electron chi connectivity index (χ0n) is 16.9. The summed E-state index contributed by atoms with van der Waals surface area (Å²) in [4.78, 5) is 38.1. The third-order valence-electron chi connectivity index (χ3n) is 5.03. The molecule has 1 amide bonds. The molecule has 1 saturated heterocycles. The minimum absolute atomic E-state index is 0.189. The van der Waals surface area contributed by atoms with Crippen LogP contribution in [-0.4, -0.2) is 63.7 Å². The van der Waals surface area contributed by atoms with Gasteiger partial charge in [-0.2, -0.15) is 0 Å². The molecule has 0 radical (unpaired) electrons. The smallest absolute Gasteiger partial charge is 0.409 e. The van der Waals surface area contributed by atoms with Crippen LogP contribution >= 0.6 is 0 Å². The molecule has 9 heteroatoms. The van der Waals surface area contributed by atoms with Crippen molar-refractivity contribution in [2.75, 3.05) is 26.5 Å². The van der Waals surface area contributed by atoms with Gasteiger partial charge in [-0.05, 0) is 43.9 Å². The largest absolute Gasteiger partial charge is 0.466 e. The molecule has 160 valence electrons. The third-order valence-corrected chi connectivity index (χ3v) is 6.16. The lowest BCUT2D eigenvalue weighted by molar-refractivity contribution is -0.146. The number of carbonyl (C=O) groups is 3. The molecule has 0 aromatic heterocycles. The van der Waals surface area contributed by atoms with Crippen molar-refractivity contribution in [1.29, 1.82) is 0 Å². The van der Waals surface area contributed by atoms with Crippen LogP contribution in [0.15, 0.2) is 29.2 Å². The third kappa shape index (κ3) is 6.28. The Bertz CT molecular complexity index is 848. The average Bonchev–Trinajstić information content (AvgIpc) is 2.67. The first-order chi connectivity index (χ1) is 13.7. The SMILES string of the molecule is CCOC(=O)CC(=O)C1CCN(C(=O)OC)C(Cc2ccc(S(C)(=O)=O)cc2)C1. The van der Waals surface area contributed by atoms with E-state index >= 15 is 0 Å². The fraction of sp³-hybridized carbons (Fsp3) is 0.550. The molecular weight excluding hydrogens is 398 g/mol. The number of Topliss-reactive ketones (excluding diaryl/α,β-unsaturated/α-hetero) is 1. The quantitative estimate of drug-likeness (QED) is 0.486. The van der Waals surface area contributed by atoms with Gasteiger partial charge in [-0.15, -0.1) is 0 Å². The average molecular weight is 426 g/mol. The van der Waals surface area contributed by atoms with Gasteiger partial charge in [0.25, 0.3) is 0 Å². The van der Waals surface area contributed by atoms with Crippen molar-refractivity contribution < 1.29 is 32.3 Å². The lowest BCUT2D eigenvalue weighted by atomic mass is 9.84. The minimum Gasteiger partial charge on any atom is -0.466 e. The maximum Gasteiger partial charge on any atom is 0.409 e. The summed E-state index contributed by atoms with van der Waals surface area (Å²) >= 11 is 0. The molecule has 1 aromatic rings. The van der Waals surface area contributed by atoms with Crippen LogP contribution in [0.3, 0.4) is 0 Å². The van der Waals surface area contributed by atoms with E-state index in [1.54, 1.807) is 24.0 Å². The van der Waals surface area contributed by atoms with Crippen molar-refractivity contribution >= 4 is 27.7 Å². The molecule has 0 N–H and O–H groups in total. The van der Waals surface area contributed by atoms with Gasteiger partial charge in [0, 0.05) is 24.8 Å². The van der Waals surface area contributed by atoms with Gasteiger partial charge in [0.1, 0.15) is 12.2 Å². The second-order valence-corrected chi connectivity index (χ2v) is 9.12. The van der Waals surface area contributed by atoms with E-state index < -0.39 is 21.9 Å². The Hall–Kier alpha value is -2.42. The molecule has 0 aliphatic carbocycles. The first-order valence-corrected chi connectivity index (χ1v) is 11.4. The van der Waals surface area contributed by atoms with Crippen LogP contribution < -0.4 is 0 Å². The fourth-order valence-corrected chi connectivity index (χ4v) is 4.17. The summed E-state index contributed by atoms with van der Waals surface area (Å²) in [6, 6.07) is 6.17. The Labute approximate surface area is 171 Å². The number of benzene rings is 1. The molecule has 1 aromatic carbocycles. The van der Waals surface area contributed by atoms with Crippen molar-refractivity contribution in [2.24, 2.45) is 5.92 Å². The van der Waals surface area contributed by atoms with Gasteiger partial charge in [-0.1, -0.05) is 12.1 Å². The molecule has 2 atom stereocenters. The van der Waals surface area contributed by atoms with Crippen LogP contribution in [0.25, 0.3) is 0 Å². The topological polar surface area (TPSA) is 107 Å². The summed E-state index contributed by atoms with van der Waals surface area (Å²) in [6.07, 6.45) is 1.70. The first kappa shape index (κ1) is 22.9. The van der Waals surface area contributed by atoms with E-state index in [0.717, 1.165) is 11.8 Å². The van der Waals surface area contributed by atoms with E-state index in [-0.39, 0.29) is 35.7 Å². The summed E-state index contributed by atoms with van der Waals surface area (Å²) in [6.45, 7) is 2.25. The van der Waals surface area contributed by atoms with Crippen molar-refractivity contribution in [3.63, 3.8) is 0 Å². The molecule has 1 aliphatic heterocycles. The highest BCUT2D eigenvalue weighted by Gasteiger charge is 2.35. The number of rotatable bonds is 7. The molecule has 0 saturated carbocycles. The van der Waals surface area contributed by atoms with Crippen LogP contribution in [-0.2, 0) is 35.3 Å². The van der Waals surface area contributed by atoms with Gasteiger partial charge in [-0.25, -0.2) is 13.2 Å². The van der Waals surface area contributed by atoms with Gasteiger partial charge >= 0.3 is 12.1 Å². The van der Waals surface area contributed by atoms with E-state index in [9.17, 15) is 22.8 Å². The van der Waals surface area contributed by atoms with E-state index in [2.05, 4.69) is 0 Å². The van der Waals surface area contributed by atoms with E-state index in [0.29, 0.717) is 25.8 Å². The molecule has 2 unspecified atom stereocenters. The summed E-state index contributed by atoms with van der Waals surface area (Å²) in [5.41, 5.74) is 0.842. The maximum atomic E-state index is 12.5. The maximum absolute atomic E-state index is 12.5. The number of hydrogen-bond acceptors (Lipinski definition) is 7. The standard InChI is InChI=1S/C20H27NO7S/c1-4-28-19(23)13-18(22)15-9-10-21(20(24)27-2)16(12-15)11-14-5-7-17(8-6-14)29(3,25)26/h5-8,15-16H,4,9-13H2,1-3H3. The molecule has 29 heavy (non-hydrogen) atoms. The van der Waals surface area contributed by atoms with Gasteiger partial charge < -0.3 is 14.4 Å².